The van der Waals surface area contributed by atoms with E-state index in [-0.39, 0.29) is 11.8 Å². The normalized spacial score (nSPS) is 15.1. The summed E-state index contributed by atoms with van der Waals surface area (Å²) in [7, 11) is 0. The average Bonchev–Trinajstić information content (AvgIpc) is 3.34. The minimum absolute atomic E-state index is 0.0596. The smallest absolute Gasteiger partial charge is 0.251 e. The van der Waals surface area contributed by atoms with Crippen LogP contribution in [0.15, 0.2) is 48.5 Å². The van der Waals surface area contributed by atoms with Crippen molar-refractivity contribution in [1.82, 2.24) is 10.6 Å². The van der Waals surface area contributed by atoms with Gasteiger partial charge in [0.25, 0.3) is 5.91 Å². The Morgan fingerprint density at radius 1 is 1.13 bits per heavy atom. The molecule has 3 N–H and O–H groups in total. The molecule has 1 fully saturated rings. The van der Waals surface area contributed by atoms with Gasteiger partial charge in [0, 0.05) is 36.8 Å². The van der Waals surface area contributed by atoms with Crippen molar-refractivity contribution in [3.8, 4) is 5.75 Å². The molecule has 7 nitrogen and oxygen atoms in total. The van der Waals surface area contributed by atoms with Crippen LogP contribution in [0.3, 0.4) is 0 Å². The Hall–Kier alpha value is -2.90. The van der Waals surface area contributed by atoms with Gasteiger partial charge in [-0.25, -0.2) is 0 Å². The SMILES string of the molecule is CCCCCOc1cc(C(=O)N[C@@H](Cc2ccccc2)[C@H](O)CNCCC(C)C)cc(N2CCCC2=O)c1. The molecule has 0 spiro atoms. The van der Waals surface area contributed by atoms with Crippen LogP contribution in [0.25, 0.3) is 0 Å². The van der Waals surface area contributed by atoms with E-state index in [1.165, 1.54) is 0 Å². The summed E-state index contributed by atoms with van der Waals surface area (Å²) in [5.41, 5.74) is 2.14. The molecule has 1 heterocycles. The molecule has 2 atom stereocenters. The summed E-state index contributed by atoms with van der Waals surface area (Å²) in [4.78, 5) is 27.7. The van der Waals surface area contributed by atoms with E-state index in [1.807, 2.05) is 36.4 Å². The molecule has 0 saturated carbocycles. The fourth-order valence-corrected chi connectivity index (χ4v) is 4.60. The first-order valence-corrected chi connectivity index (χ1v) is 14.2. The van der Waals surface area contributed by atoms with Gasteiger partial charge in [-0.05, 0) is 55.8 Å². The van der Waals surface area contributed by atoms with E-state index in [1.54, 1.807) is 17.0 Å². The third kappa shape index (κ3) is 9.44. The van der Waals surface area contributed by atoms with Crippen LogP contribution in [0, 0.1) is 5.92 Å². The number of unbranched alkanes of at least 4 members (excludes halogenated alkanes) is 2. The first-order chi connectivity index (χ1) is 18.4. The average molecular weight is 524 g/mol. The van der Waals surface area contributed by atoms with Crippen molar-refractivity contribution in [2.24, 2.45) is 5.92 Å². The first-order valence-electron chi connectivity index (χ1n) is 14.2. The lowest BCUT2D eigenvalue weighted by molar-refractivity contribution is -0.117. The fourth-order valence-electron chi connectivity index (χ4n) is 4.60. The van der Waals surface area contributed by atoms with Gasteiger partial charge in [0.05, 0.1) is 18.8 Å². The summed E-state index contributed by atoms with van der Waals surface area (Å²) in [6.45, 7) is 8.87. The van der Waals surface area contributed by atoms with Crippen LogP contribution < -0.4 is 20.3 Å². The molecular weight excluding hydrogens is 478 g/mol. The van der Waals surface area contributed by atoms with Crippen LogP contribution in [0.4, 0.5) is 5.69 Å². The lowest BCUT2D eigenvalue weighted by Crippen LogP contribution is -2.49. The maximum atomic E-state index is 13.5. The second kappa shape index (κ2) is 15.5. The molecule has 1 aliphatic rings. The number of rotatable bonds is 16. The molecule has 2 aromatic rings. The maximum Gasteiger partial charge on any atom is 0.251 e. The highest BCUT2D eigenvalue weighted by Gasteiger charge is 2.26. The second-order valence-electron chi connectivity index (χ2n) is 10.6. The molecule has 7 heteroatoms. The summed E-state index contributed by atoms with van der Waals surface area (Å²) in [6, 6.07) is 14.7. The largest absolute Gasteiger partial charge is 0.493 e. The molecule has 1 aliphatic heterocycles. The van der Waals surface area contributed by atoms with Crippen molar-refractivity contribution >= 4 is 17.5 Å². The molecule has 2 amide bonds. The van der Waals surface area contributed by atoms with Crippen molar-refractivity contribution in [2.45, 2.75) is 77.9 Å². The minimum Gasteiger partial charge on any atom is -0.493 e. The van der Waals surface area contributed by atoms with Crippen LogP contribution in [0.5, 0.6) is 5.75 Å². The zero-order valence-electron chi connectivity index (χ0n) is 23.2. The number of nitrogens with zero attached hydrogens (tertiary/aromatic N) is 1. The quantitative estimate of drug-likeness (QED) is 0.277. The summed E-state index contributed by atoms with van der Waals surface area (Å²) >= 11 is 0. The Balaban J connectivity index is 1.78. The summed E-state index contributed by atoms with van der Waals surface area (Å²) < 4.78 is 5.99. The number of hydrogen-bond donors (Lipinski definition) is 3. The first kappa shape index (κ1) is 29.7. The van der Waals surface area contributed by atoms with Gasteiger partial charge in [0.2, 0.25) is 5.91 Å². The van der Waals surface area contributed by atoms with Crippen molar-refractivity contribution < 1.29 is 19.4 Å². The predicted molar refractivity (Wildman–Crippen MR) is 153 cm³/mol. The fraction of sp³-hybridized carbons (Fsp3) is 0.548. The number of carbonyl (C=O) groups is 2. The highest BCUT2D eigenvalue weighted by atomic mass is 16.5. The molecule has 3 rings (SSSR count). The van der Waals surface area contributed by atoms with Crippen LogP contribution in [-0.4, -0.2) is 55.3 Å². The number of carbonyl (C=O) groups excluding carboxylic acids is 2. The summed E-state index contributed by atoms with van der Waals surface area (Å²) in [6.07, 6.45) is 5.17. The van der Waals surface area contributed by atoms with Gasteiger partial charge >= 0.3 is 0 Å². The monoisotopic (exact) mass is 523 g/mol. The zero-order valence-corrected chi connectivity index (χ0v) is 23.2. The van der Waals surface area contributed by atoms with Gasteiger partial charge in [-0.2, -0.15) is 0 Å². The van der Waals surface area contributed by atoms with Crippen molar-refractivity contribution in [2.75, 3.05) is 31.1 Å². The Morgan fingerprint density at radius 3 is 2.61 bits per heavy atom. The van der Waals surface area contributed by atoms with E-state index >= 15 is 0 Å². The number of nitrogens with one attached hydrogen (secondary N) is 2. The van der Waals surface area contributed by atoms with Crippen LogP contribution in [0.1, 0.15) is 75.2 Å². The lowest BCUT2D eigenvalue weighted by atomic mass is 10.00. The van der Waals surface area contributed by atoms with Gasteiger partial charge in [-0.3, -0.25) is 9.59 Å². The molecule has 38 heavy (non-hydrogen) atoms. The van der Waals surface area contributed by atoms with Gasteiger partial charge < -0.3 is 25.4 Å². The number of aliphatic hydroxyl groups is 1. The minimum atomic E-state index is -0.764. The van der Waals surface area contributed by atoms with Gasteiger partial charge in [-0.1, -0.05) is 63.9 Å². The number of benzene rings is 2. The van der Waals surface area contributed by atoms with Crippen LogP contribution in [-0.2, 0) is 11.2 Å². The van der Waals surface area contributed by atoms with Crippen LogP contribution in [0.2, 0.25) is 0 Å². The second-order valence-corrected chi connectivity index (χ2v) is 10.6. The predicted octanol–water partition coefficient (Wildman–Crippen LogP) is 4.72. The highest BCUT2D eigenvalue weighted by molar-refractivity contribution is 5.99. The van der Waals surface area contributed by atoms with E-state index in [2.05, 4.69) is 31.4 Å². The molecule has 0 aliphatic carbocycles. The molecular formula is C31H45N3O4. The highest BCUT2D eigenvalue weighted by Crippen LogP contribution is 2.28. The number of amides is 2. The summed E-state index contributed by atoms with van der Waals surface area (Å²) in [5.74, 6) is 0.926. The van der Waals surface area contributed by atoms with E-state index in [0.717, 1.165) is 44.2 Å². The molecule has 0 radical (unpaired) electrons. The summed E-state index contributed by atoms with van der Waals surface area (Å²) in [5, 5.41) is 17.5. The number of hydrogen-bond acceptors (Lipinski definition) is 5. The van der Waals surface area contributed by atoms with Gasteiger partial charge in [0.1, 0.15) is 5.75 Å². The van der Waals surface area contributed by atoms with Crippen LogP contribution >= 0.6 is 0 Å². The third-order valence-electron chi connectivity index (χ3n) is 6.89. The lowest BCUT2D eigenvalue weighted by Gasteiger charge is -2.25. The molecule has 2 aromatic carbocycles. The molecule has 0 aromatic heterocycles. The standard InChI is InChI=1S/C31H45N3O4/c1-4-5-9-17-38-27-20-25(19-26(21-27)34-16-10-13-30(34)36)31(37)33-28(18-24-11-7-6-8-12-24)29(35)22-32-15-14-23(2)3/h6-8,11-12,19-21,23,28-29,32,35H,4-5,9-10,13-18,22H2,1-3H3,(H,33,37)/t28-,29+/m0/s1. The van der Waals surface area contributed by atoms with Gasteiger partial charge in [0.15, 0.2) is 0 Å². The number of anilines is 1. The van der Waals surface area contributed by atoms with E-state index in [4.69, 9.17) is 4.74 Å². The number of ether oxygens (including phenoxy) is 1. The molecule has 1 saturated heterocycles. The Kier molecular flexibility index (Phi) is 12.1. The Morgan fingerprint density at radius 2 is 1.92 bits per heavy atom. The van der Waals surface area contributed by atoms with E-state index < -0.39 is 12.1 Å². The third-order valence-corrected chi connectivity index (χ3v) is 6.89. The maximum absolute atomic E-state index is 13.5. The molecule has 208 valence electrons. The topological polar surface area (TPSA) is 90.9 Å². The van der Waals surface area contributed by atoms with Gasteiger partial charge in [-0.15, -0.1) is 0 Å². The van der Waals surface area contributed by atoms with Crippen molar-refractivity contribution in [3.05, 3.63) is 59.7 Å². The van der Waals surface area contributed by atoms with Crippen molar-refractivity contribution in [1.29, 1.82) is 0 Å². The zero-order chi connectivity index (χ0) is 27.3. The number of aliphatic hydroxyl groups excluding tert-OH is 1. The van der Waals surface area contributed by atoms with Crippen molar-refractivity contribution in [3.63, 3.8) is 0 Å². The Bertz CT molecular complexity index is 1010. The molecule has 0 bridgehead atoms. The Labute approximate surface area is 228 Å². The van der Waals surface area contributed by atoms with E-state index in [0.29, 0.717) is 55.5 Å². The molecule has 0 unspecified atom stereocenters. The van der Waals surface area contributed by atoms with E-state index in [9.17, 15) is 14.7 Å².